The topological polar surface area (TPSA) is 108 Å². The van der Waals surface area contributed by atoms with E-state index in [1.54, 1.807) is 55.5 Å². The lowest BCUT2D eigenvalue weighted by atomic mass is 9.78. The molecule has 0 radical (unpaired) electrons. The molecule has 1 aliphatic heterocycles. The molecule has 0 bridgehead atoms. The maximum absolute atomic E-state index is 12.9. The molecule has 2 aromatic rings. The summed E-state index contributed by atoms with van der Waals surface area (Å²) in [5.74, 6) is -3.91. The lowest BCUT2D eigenvalue weighted by Crippen LogP contribution is -2.44. The lowest BCUT2D eigenvalue weighted by Gasteiger charge is -2.31. The number of anilines is 1. The van der Waals surface area contributed by atoms with Crippen LogP contribution in [-0.2, 0) is 19.1 Å². The Labute approximate surface area is 194 Å². The summed E-state index contributed by atoms with van der Waals surface area (Å²) in [5.41, 5.74) is 1.25. The third-order valence-electron chi connectivity index (χ3n) is 4.71. The van der Waals surface area contributed by atoms with Gasteiger partial charge in [-0.3, -0.25) is 14.4 Å². The Morgan fingerprint density at radius 3 is 2.53 bits per heavy atom. The minimum absolute atomic E-state index is 0.0466. The maximum atomic E-state index is 12.9. The number of esters is 1. The molecule has 7 nitrogen and oxygen atoms in total. The quantitative estimate of drug-likeness (QED) is 0.471. The van der Waals surface area contributed by atoms with E-state index in [9.17, 15) is 19.6 Å². The van der Waals surface area contributed by atoms with Crippen LogP contribution in [0, 0.1) is 17.2 Å². The average Bonchev–Trinajstić information content (AvgIpc) is 2.78. The number of nitrogens with zero attached hydrogens (tertiary/aromatic N) is 1. The summed E-state index contributed by atoms with van der Waals surface area (Å²) in [7, 11) is 0. The van der Waals surface area contributed by atoms with Crippen LogP contribution < -0.4 is 10.6 Å². The van der Waals surface area contributed by atoms with E-state index in [4.69, 9.17) is 16.3 Å². The highest BCUT2D eigenvalue weighted by Gasteiger charge is 2.45. The molecular weight excluding hydrogens is 450 g/mol. The fourth-order valence-corrected chi connectivity index (χ4v) is 4.45. The second kappa shape index (κ2) is 10.8. The van der Waals surface area contributed by atoms with Gasteiger partial charge in [-0.25, -0.2) is 0 Å². The van der Waals surface area contributed by atoms with Crippen molar-refractivity contribution in [3.63, 3.8) is 0 Å². The molecule has 2 aromatic carbocycles. The number of ether oxygens (including phenoxy) is 1. The number of rotatable bonds is 7. The Balaban J connectivity index is 1.92. The van der Waals surface area contributed by atoms with E-state index in [0.717, 1.165) is 11.8 Å². The molecule has 9 heteroatoms. The van der Waals surface area contributed by atoms with Gasteiger partial charge in [0, 0.05) is 16.6 Å². The van der Waals surface area contributed by atoms with Gasteiger partial charge in [0.05, 0.1) is 29.0 Å². The molecule has 1 heterocycles. The maximum Gasteiger partial charge on any atom is 0.319 e. The van der Waals surface area contributed by atoms with Crippen molar-refractivity contribution in [2.45, 2.75) is 12.8 Å². The van der Waals surface area contributed by atoms with Crippen molar-refractivity contribution in [3.8, 4) is 6.07 Å². The number of amides is 2. The van der Waals surface area contributed by atoms with Gasteiger partial charge in [-0.15, -0.1) is 0 Å². The summed E-state index contributed by atoms with van der Waals surface area (Å²) in [6.45, 7) is 1.72. The molecule has 164 valence electrons. The Hall–Kier alpha value is -3.28. The third-order valence-corrected chi connectivity index (χ3v) is 6.08. The van der Waals surface area contributed by atoms with Crippen molar-refractivity contribution in [3.05, 3.63) is 75.8 Å². The van der Waals surface area contributed by atoms with Gasteiger partial charge >= 0.3 is 5.97 Å². The van der Waals surface area contributed by atoms with Gasteiger partial charge in [-0.1, -0.05) is 59.8 Å². The number of thioether (sulfide) groups is 1. The summed E-state index contributed by atoms with van der Waals surface area (Å²) in [5, 5.41) is 15.8. The van der Waals surface area contributed by atoms with Crippen molar-refractivity contribution in [1.29, 1.82) is 5.26 Å². The molecule has 32 heavy (non-hydrogen) atoms. The molecule has 2 atom stereocenters. The van der Waals surface area contributed by atoms with Crippen LogP contribution in [-0.4, -0.2) is 30.1 Å². The number of carbonyl (C=O) groups excluding carboxylic acids is 3. The van der Waals surface area contributed by atoms with E-state index in [1.807, 2.05) is 6.07 Å². The lowest BCUT2D eigenvalue weighted by molar-refractivity contribution is -0.152. The summed E-state index contributed by atoms with van der Waals surface area (Å²) in [6, 6.07) is 17.7. The molecule has 0 fully saturated rings. The summed E-state index contributed by atoms with van der Waals surface area (Å²) in [4.78, 5) is 37.9. The van der Waals surface area contributed by atoms with Crippen molar-refractivity contribution >= 4 is 46.8 Å². The van der Waals surface area contributed by atoms with E-state index in [0.29, 0.717) is 16.3 Å². The smallest absolute Gasteiger partial charge is 0.319 e. The van der Waals surface area contributed by atoms with Gasteiger partial charge in [0.15, 0.2) is 0 Å². The second-order valence-corrected chi connectivity index (χ2v) is 8.17. The van der Waals surface area contributed by atoms with Gasteiger partial charge < -0.3 is 15.4 Å². The van der Waals surface area contributed by atoms with Gasteiger partial charge in [-0.2, -0.15) is 5.26 Å². The highest BCUT2D eigenvalue weighted by Crippen LogP contribution is 2.42. The summed E-state index contributed by atoms with van der Waals surface area (Å²) < 4.78 is 5.09. The normalized spacial score (nSPS) is 17.8. The van der Waals surface area contributed by atoms with Crippen LogP contribution in [0.1, 0.15) is 18.4 Å². The molecule has 0 aliphatic carbocycles. The summed E-state index contributed by atoms with van der Waals surface area (Å²) in [6.07, 6.45) is 0. The molecule has 0 spiro atoms. The molecule has 2 N–H and O–H groups in total. The fourth-order valence-electron chi connectivity index (χ4n) is 3.34. The van der Waals surface area contributed by atoms with Crippen molar-refractivity contribution in [2.75, 3.05) is 17.7 Å². The predicted molar refractivity (Wildman–Crippen MR) is 123 cm³/mol. The highest BCUT2D eigenvalue weighted by molar-refractivity contribution is 8.03. The van der Waals surface area contributed by atoms with E-state index in [1.165, 1.54) is 0 Å². The number of para-hydroxylation sites is 1. The second-order valence-electron chi connectivity index (χ2n) is 6.78. The molecular formula is C23H20ClN3O4S. The molecule has 2 unspecified atom stereocenters. The van der Waals surface area contributed by atoms with Crippen molar-refractivity contribution in [1.82, 2.24) is 5.32 Å². The van der Waals surface area contributed by atoms with E-state index < -0.39 is 23.7 Å². The van der Waals surface area contributed by atoms with Crippen LogP contribution in [0.5, 0.6) is 0 Å². The van der Waals surface area contributed by atoms with Crippen LogP contribution in [0.25, 0.3) is 0 Å². The third kappa shape index (κ3) is 5.31. The molecule has 0 saturated carbocycles. The van der Waals surface area contributed by atoms with Crippen molar-refractivity contribution in [2.24, 2.45) is 5.92 Å². The Morgan fingerprint density at radius 1 is 1.19 bits per heavy atom. The van der Waals surface area contributed by atoms with E-state index in [-0.39, 0.29) is 28.9 Å². The number of hydrogen-bond acceptors (Lipinski definition) is 6. The van der Waals surface area contributed by atoms with Gasteiger partial charge in [0.25, 0.3) is 0 Å². The monoisotopic (exact) mass is 469 g/mol. The Morgan fingerprint density at radius 2 is 1.88 bits per heavy atom. The van der Waals surface area contributed by atoms with Crippen LogP contribution >= 0.6 is 23.4 Å². The summed E-state index contributed by atoms with van der Waals surface area (Å²) >= 11 is 7.36. The first-order valence-electron chi connectivity index (χ1n) is 9.80. The fraction of sp³-hybridized carbons (Fsp3) is 0.217. The van der Waals surface area contributed by atoms with E-state index >= 15 is 0 Å². The minimum Gasteiger partial charge on any atom is -0.465 e. The number of carbonyl (C=O) groups is 3. The zero-order valence-corrected chi connectivity index (χ0v) is 18.7. The van der Waals surface area contributed by atoms with Crippen molar-refractivity contribution < 1.29 is 19.1 Å². The number of halogens is 1. The molecule has 2 amide bonds. The van der Waals surface area contributed by atoms with E-state index in [2.05, 4.69) is 16.7 Å². The van der Waals surface area contributed by atoms with Gasteiger partial charge in [-0.05, 0) is 30.7 Å². The van der Waals surface area contributed by atoms with Crippen LogP contribution in [0.15, 0.2) is 65.2 Å². The zero-order valence-electron chi connectivity index (χ0n) is 17.1. The van der Waals surface area contributed by atoms with Gasteiger partial charge in [0.1, 0.15) is 5.92 Å². The Kier molecular flexibility index (Phi) is 7.92. The van der Waals surface area contributed by atoms with Crippen LogP contribution in [0.4, 0.5) is 5.69 Å². The van der Waals surface area contributed by atoms with Gasteiger partial charge in [0.2, 0.25) is 11.8 Å². The molecule has 1 aliphatic rings. The largest absolute Gasteiger partial charge is 0.465 e. The number of benzene rings is 2. The molecule has 3 rings (SSSR count). The number of hydrogen-bond donors (Lipinski definition) is 2. The number of nitriles is 1. The highest BCUT2D eigenvalue weighted by atomic mass is 35.5. The minimum atomic E-state index is -1.27. The van der Waals surface area contributed by atoms with Crippen LogP contribution in [0.3, 0.4) is 0 Å². The first kappa shape index (κ1) is 23.4. The first-order chi connectivity index (χ1) is 15.5. The number of nitrogens with one attached hydrogen (secondary N) is 2. The first-order valence-corrected chi connectivity index (χ1v) is 11.2. The Bertz CT molecular complexity index is 1100. The molecule has 0 aromatic heterocycles. The molecule has 0 saturated heterocycles. The zero-order chi connectivity index (χ0) is 23.1. The van der Waals surface area contributed by atoms with Crippen LogP contribution in [0.2, 0.25) is 5.02 Å². The average molecular weight is 470 g/mol. The number of allylic oxidation sites excluding steroid dienone is 1. The predicted octanol–water partition coefficient (Wildman–Crippen LogP) is 3.84. The standard InChI is InChI=1S/C23H20ClN3O4S/c1-2-31-23(30)20-19(15-10-6-7-11-17(15)24)16(12-25)22(27-21(20)29)32-13-18(28)26-14-8-4-3-5-9-14/h3-11,19-20H,2,13H2,1H3,(H,26,28)(H,27,29). The SMILES string of the molecule is CCOC(=O)C1C(=O)NC(SCC(=O)Nc2ccccc2)=C(C#N)C1c1ccccc1Cl.